The number of fused-ring (bicyclic) bond motifs is 1. The molecule has 1 aliphatic rings. The molecule has 2 unspecified atom stereocenters. The second kappa shape index (κ2) is 6.46. The molecule has 0 aliphatic heterocycles. The summed E-state index contributed by atoms with van der Waals surface area (Å²) >= 11 is 0. The number of carbonyl (C=O) groups is 1. The van der Waals surface area contributed by atoms with Gasteiger partial charge in [0, 0.05) is 0 Å². The molecular weight excluding hydrogens is 300 g/mol. The van der Waals surface area contributed by atoms with Gasteiger partial charge in [-0.25, -0.2) is 8.78 Å². The molecular formula is C18H17F2NO2. The molecule has 0 heterocycles. The first-order chi connectivity index (χ1) is 11.0. The molecule has 23 heavy (non-hydrogen) atoms. The van der Waals surface area contributed by atoms with Crippen LogP contribution in [0.5, 0.6) is 0 Å². The van der Waals surface area contributed by atoms with E-state index in [0.717, 1.165) is 5.56 Å². The quantitative estimate of drug-likeness (QED) is 0.910. The Kier molecular flexibility index (Phi) is 4.39. The highest BCUT2D eigenvalue weighted by atomic mass is 19.1. The molecule has 0 radical (unpaired) electrons. The van der Waals surface area contributed by atoms with Gasteiger partial charge in [-0.2, -0.15) is 0 Å². The normalized spacial score (nSPS) is 17.6. The van der Waals surface area contributed by atoms with E-state index in [-0.39, 0.29) is 24.2 Å². The van der Waals surface area contributed by atoms with Crippen LogP contribution < -0.4 is 5.32 Å². The number of carbonyl (C=O) groups excluding carboxylic acids is 1. The second-order valence-electron chi connectivity index (χ2n) is 5.74. The van der Waals surface area contributed by atoms with Gasteiger partial charge in [0.1, 0.15) is 11.6 Å². The average molecular weight is 317 g/mol. The predicted molar refractivity (Wildman–Crippen MR) is 81.6 cm³/mol. The van der Waals surface area contributed by atoms with E-state index in [1.54, 1.807) is 18.2 Å². The molecule has 120 valence electrons. The minimum Gasteiger partial charge on any atom is -0.388 e. The number of halogens is 2. The van der Waals surface area contributed by atoms with Crippen LogP contribution in [0.25, 0.3) is 0 Å². The number of amides is 1. The predicted octanol–water partition coefficient (Wildman–Crippen LogP) is 3.19. The van der Waals surface area contributed by atoms with Gasteiger partial charge in [-0.3, -0.25) is 4.79 Å². The van der Waals surface area contributed by atoms with E-state index in [1.807, 2.05) is 0 Å². The molecule has 2 atom stereocenters. The fraction of sp³-hybridized carbons (Fsp3) is 0.278. The van der Waals surface area contributed by atoms with Gasteiger partial charge in [0.05, 0.1) is 18.6 Å². The molecule has 2 N–H and O–H groups in total. The molecule has 2 aromatic rings. The number of benzene rings is 2. The standard InChI is InChI=1S/C18H17F2NO2/c19-12-4-1-3-11(9-12)17(22)10-18(23)21-16-8-7-13-14(16)5-2-6-15(13)20/h1-6,9,16-17,22H,7-8,10H2,(H,21,23). The summed E-state index contributed by atoms with van der Waals surface area (Å²) in [6.07, 6.45) is -0.0127. The Morgan fingerprint density at radius 2 is 2.04 bits per heavy atom. The largest absolute Gasteiger partial charge is 0.388 e. The molecule has 1 aliphatic carbocycles. The van der Waals surface area contributed by atoms with Crippen LogP contribution in [0.1, 0.15) is 41.7 Å². The Hall–Kier alpha value is -2.27. The number of aliphatic hydroxyl groups excluding tert-OH is 1. The van der Waals surface area contributed by atoms with Crippen LogP contribution >= 0.6 is 0 Å². The smallest absolute Gasteiger partial charge is 0.223 e. The molecule has 5 heteroatoms. The van der Waals surface area contributed by atoms with E-state index in [4.69, 9.17) is 0 Å². The van der Waals surface area contributed by atoms with Gasteiger partial charge in [0.25, 0.3) is 0 Å². The first-order valence-corrected chi connectivity index (χ1v) is 7.55. The van der Waals surface area contributed by atoms with E-state index in [1.165, 1.54) is 24.3 Å². The fourth-order valence-electron chi connectivity index (χ4n) is 3.02. The lowest BCUT2D eigenvalue weighted by Gasteiger charge is -2.16. The zero-order valence-corrected chi connectivity index (χ0v) is 12.4. The lowest BCUT2D eigenvalue weighted by Crippen LogP contribution is -2.28. The highest BCUT2D eigenvalue weighted by molar-refractivity contribution is 5.77. The molecule has 0 spiro atoms. The summed E-state index contributed by atoms with van der Waals surface area (Å²) in [5.74, 6) is -1.05. The fourth-order valence-corrected chi connectivity index (χ4v) is 3.02. The maximum atomic E-state index is 13.7. The Balaban J connectivity index is 1.64. The number of hydrogen-bond acceptors (Lipinski definition) is 2. The van der Waals surface area contributed by atoms with E-state index < -0.39 is 11.9 Å². The van der Waals surface area contributed by atoms with Crippen LogP contribution in [0.4, 0.5) is 8.78 Å². The first kappa shape index (κ1) is 15.6. The van der Waals surface area contributed by atoms with Gasteiger partial charge in [0.15, 0.2) is 0 Å². The summed E-state index contributed by atoms with van der Waals surface area (Å²) in [5.41, 5.74) is 1.79. The third kappa shape index (κ3) is 3.40. The van der Waals surface area contributed by atoms with Gasteiger partial charge in [-0.15, -0.1) is 0 Å². The van der Waals surface area contributed by atoms with Crippen molar-refractivity contribution < 1.29 is 18.7 Å². The Morgan fingerprint density at radius 1 is 1.26 bits per heavy atom. The third-order valence-electron chi connectivity index (χ3n) is 4.16. The van der Waals surface area contributed by atoms with Crippen molar-refractivity contribution in [2.75, 3.05) is 0 Å². The molecule has 0 aromatic heterocycles. The summed E-state index contributed by atoms with van der Waals surface area (Å²) in [7, 11) is 0. The van der Waals surface area contributed by atoms with Gasteiger partial charge in [-0.1, -0.05) is 24.3 Å². The molecule has 1 amide bonds. The molecule has 0 bridgehead atoms. The van der Waals surface area contributed by atoms with Crippen LogP contribution in [-0.4, -0.2) is 11.0 Å². The van der Waals surface area contributed by atoms with Crippen molar-refractivity contribution in [3.8, 4) is 0 Å². The number of nitrogens with one attached hydrogen (secondary N) is 1. The van der Waals surface area contributed by atoms with Gasteiger partial charge in [0.2, 0.25) is 5.91 Å². The SMILES string of the molecule is O=C(CC(O)c1cccc(F)c1)NC1CCc2c(F)cccc21. The zero-order valence-electron chi connectivity index (χ0n) is 12.4. The van der Waals surface area contributed by atoms with Crippen LogP contribution in [0.3, 0.4) is 0 Å². The summed E-state index contributed by atoms with van der Waals surface area (Å²) in [4.78, 5) is 12.1. The van der Waals surface area contributed by atoms with Gasteiger partial charge >= 0.3 is 0 Å². The van der Waals surface area contributed by atoms with Crippen molar-refractivity contribution in [3.05, 3.63) is 70.8 Å². The van der Waals surface area contributed by atoms with E-state index in [2.05, 4.69) is 5.32 Å². The van der Waals surface area contributed by atoms with E-state index in [0.29, 0.717) is 24.0 Å². The summed E-state index contributed by atoms with van der Waals surface area (Å²) in [5, 5.41) is 12.9. The van der Waals surface area contributed by atoms with Crippen molar-refractivity contribution in [1.29, 1.82) is 0 Å². The van der Waals surface area contributed by atoms with Crippen molar-refractivity contribution in [3.63, 3.8) is 0 Å². The summed E-state index contributed by atoms with van der Waals surface area (Å²) < 4.78 is 26.8. The Morgan fingerprint density at radius 3 is 2.83 bits per heavy atom. The first-order valence-electron chi connectivity index (χ1n) is 7.55. The highest BCUT2D eigenvalue weighted by Gasteiger charge is 2.26. The maximum Gasteiger partial charge on any atom is 0.223 e. The summed E-state index contributed by atoms with van der Waals surface area (Å²) in [6, 6.07) is 10.1. The second-order valence-corrected chi connectivity index (χ2v) is 5.74. The van der Waals surface area contributed by atoms with E-state index >= 15 is 0 Å². The molecule has 0 fully saturated rings. The monoisotopic (exact) mass is 317 g/mol. The minimum absolute atomic E-state index is 0.162. The lowest BCUT2D eigenvalue weighted by atomic mass is 10.0. The lowest BCUT2D eigenvalue weighted by molar-refractivity contribution is -0.123. The van der Waals surface area contributed by atoms with Crippen LogP contribution in [0, 0.1) is 11.6 Å². The van der Waals surface area contributed by atoms with Crippen molar-refractivity contribution >= 4 is 5.91 Å². The molecule has 0 saturated heterocycles. The Bertz CT molecular complexity index is 733. The molecule has 0 saturated carbocycles. The third-order valence-corrected chi connectivity index (χ3v) is 4.16. The molecule has 3 rings (SSSR count). The minimum atomic E-state index is -1.07. The molecule has 3 nitrogen and oxygen atoms in total. The number of rotatable bonds is 4. The van der Waals surface area contributed by atoms with Crippen molar-refractivity contribution in [2.24, 2.45) is 0 Å². The van der Waals surface area contributed by atoms with Crippen molar-refractivity contribution in [2.45, 2.75) is 31.4 Å². The maximum absolute atomic E-state index is 13.7. The van der Waals surface area contributed by atoms with E-state index in [9.17, 15) is 18.7 Å². The van der Waals surface area contributed by atoms with Crippen LogP contribution in [0.15, 0.2) is 42.5 Å². The van der Waals surface area contributed by atoms with Crippen LogP contribution in [-0.2, 0) is 11.2 Å². The average Bonchev–Trinajstić information content (AvgIpc) is 2.91. The number of hydrogen-bond donors (Lipinski definition) is 2. The van der Waals surface area contributed by atoms with Gasteiger partial charge < -0.3 is 10.4 Å². The van der Waals surface area contributed by atoms with Crippen molar-refractivity contribution in [1.82, 2.24) is 5.32 Å². The van der Waals surface area contributed by atoms with Gasteiger partial charge in [-0.05, 0) is 47.7 Å². The number of aliphatic hydroxyl groups is 1. The highest BCUT2D eigenvalue weighted by Crippen LogP contribution is 2.32. The molecule has 2 aromatic carbocycles. The topological polar surface area (TPSA) is 49.3 Å². The summed E-state index contributed by atoms with van der Waals surface area (Å²) in [6.45, 7) is 0. The Labute approximate surface area is 133 Å². The zero-order chi connectivity index (χ0) is 16.4. The van der Waals surface area contributed by atoms with Crippen LogP contribution in [0.2, 0.25) is 0 Å².